The zero-order valence-corrected chi connectivity index (χ0v) is 7.59. The average molecular weight is 212 g/mol. The van der Waals surface area contributed by atoms with Crippen LogP contribution in [0.4, 0.5) is 5.82 Å². The van der Waals surface area contributed by atoms with Crippen molar-refractivity contribution in [2.24, 2.45) is 5.11 Å². The molecule has 1 atom stereocenters. The lowest BCUT2D eigenvalue weighted by Crippen LogP contribution is -2.19. The molecule has 15 heavy (non-hydrogen) atoms. The van der Waals surface area contributed by atoms with Crippen molar-refractivity contribution in [2.75, 3.05) is 6.54 Å². The largest absolute Gasteiger partial charge is 0.391 e. The molecule has 0 aliphatic carbocycles. The Morgan fingerprint density at radius 3 is 3.13 bits per heavy atom. The highest BCUT2D eigenvalue weighted by atomic mass is 16.6. The molecule has 0 aliphatic heterocycles. The summed E-state index contributed by atoms with van der Waals surface area (Å²) in [6, 6.07) is 1.22. The maximum atomic E-state index is 10.3. The molecule has 9 heteroatoms. The predicted molar refractivity (Wildman–Crippen MR) is 48.9 cm³/mol. The van der Waals surface area contributed by atoms with Crippen molar-refractivity contribution >= 4 is 5.82 Å². The van der Waals surface area contributed by atoms with Crippen LogP contribution in [0.1, 0.15) is 0 Å². The van der Waals surface area contributed by atoms with Crippen molar-refractivity contribution in [1.29, 1.82) is 0 Å². The number of azide groups is 1. The first-order chi connectivity index (χ1) is 7.13. The van der Waals surface area contributed by atoms with Crippen LogP contribution < -0.4 is 0 Å². The van der Waals surface area contributed by atoms with Gasteiger partial charge in [0, 0.05) is 4.91 Å². The Kier molecular flexibility index (Phi) is 3.61. The second kappa shape index (κ2) is 4.94. The van der Waals surface area contributed by atoms with Gasteiger partial charge in [-0.2, -0.15) is 4.68 Å². The van der Waals surface area contributed by atoms with Crippen LogP contribution in [-0.4, -0.2) is 32.5 Å². The molecule has 1 aromatic rings. The third-order valence-corrected chi connectivity index (χ3v) is 1.57. The molecule has 0 amide bonds. The van der Waals surface area contributed by atoms with Crippen LogP contribution in [0.5, 0.6) is 0 Å². The van der Waals surface area contributed by atoms with E-state index in [0.29, 0.717) is 0 Å². The monoisotopic (exact) mass is 212 g/mol. The number of nitro groups is 1. The summed E-state index contributed by atoms with van der Waals surface area (Å²) in [4.78, 5) is 12.1. The van der Waals surface area contributed by atoms with Crippen molar-refractivity contribution in [3.05, 3.63) is 32.8 Å². The molecule has 0 saturated carbocycles. The minimum Gasteiger partial charge on any atom is -0.391 e. The number of hydrogen-bond acceptors (Lipinski definition) is 5. The smallest absolute Gasteiger partial charge is 0.389 e. The summed E-state index contributed by atoms with van der Waals surface area (Å²) < 4.78 is 1.22. The fourth-order valence-electron chi connectivity index (χ4n) is 0.954. The normalized spacial score (nSPS) is 11.8. The van der Waals surface area contributed by atoms with E-state index in [4.69, 9.17) is 5.53 Å². The van der Waals surface area contributed by atoms with Crippen LogP contribution in [0.15, 0.2) is 17.4 Å². The molecular formula is C6H8N6O3. The molecule has 0 aliphatic rings. The Bertz CT molecular complexity index is 395. The van der Waals surface area contributed by atoms with Gasteiger partial charge in [-0.1, -0.05) is 5.11 Å². The molecule has 1 unspecified atom stereocenters. The van der Waals surface area contributed by atoms with Crippen LogP contribution >= 0.6 is 0 Å². The molecule has 1 N–H and O–H groups in total. The minimum absolute atomic E-state index is 0.0485. The molecule has 0 bridgehead atoms. The Morgan fingerprint density at radius 2 is 2.60 bits per heavy atom. The number of aliphatic hydroxyl groups excluding tert-OH is 1. The topological polar surface area (TPSA) is 130 Å². The van der Waals surface area contributed by atoms with Gasteiger partial charge < -0.3 is 15.2 Å². The average Bonchev–Trinajstić information content (AvgIpc) is 2.63. The lowest BCUT2D eigenvalue weighted by Gasteiger charge is -2.03. The number of aromatic nitrogens is 2. The first-order valence-corrected chi connectivity index (χ1v) is 4.00. The molecular weight excluding hydrogens is 204 g/mol. The third-order valence-electron chi connectivity index (χ3n) is 1.57. The van der Waals surface area contributed by atoms with Crippen molar-refractivity contribution in [3.63, 3.8) is 0 Å². The maximum Gasteiger partial charge on any atom is 0.389 e. The molecule has 0 radical (unpaired) electrons. The molecule has 1 aromatic heterocycles. The zero-order chi connectivity index (χ0) is 11.3. The van der Waals surface area contributed by atoms with Gasteiger partial charge in [-0.15, -0.1) is 0 Å². The van der Waals surface area contributed by atoms with Crippen LogP contribution in [0.25, 0.3) is 10.4 Å². The van der Waals surface area contributed by atoms with Gasteiger partial charge in [-0.05, 0) is 10.5 Å². The Labute approximate surface area is 83.7 Å². The second-order valence-electron chi connectivity index (χ2n) is 2.72. The van der Waals surface area contributed by atoms with Gasteiger partial charge in [0.25, 0.3) is 0 Å². The van der Waals surface area contributed by atoms with Gasteiger partial charge in [-0.3, -0.25) is 0 Å². The highest BCUT2D eigenvalue weighted by Gasteiger charge is 2.13. The van der Waals surface area contributed by atoms with Crippen molar-refractivity contribution in [2.45, 2.75) is 12.6 Å². The quantitative estimate of drug-likeness (QED) is 0.250. The van der Waals surface area contributed by atoms with Crippen molar-refractivity contribution in [3.8, 4) is 0 Å². The van der Waals surface area contributed by atoms with Gasteiger partial charge in [0.05, 0.1) is 36.6 Å². The van der Waals surface area contributed by atoms with Gasteiger partial charge in [0.15, 0.2) is 0 Å². The van der Waals surface area contributed by atoms with E-state index in [0.717, 1.165) is 0 Å². The molecule has 0 saturated heterocycles. The number of aliphatic hydroxyl groups is 1. The van der Waals surface area contributed by atoms with Crippen molar-refractivity contribution in [1.82, 2.24) is 9.78 Å². The summed E-state index contributed by atoms with van der Waals surface area (Å²) in [5, 5.41) is 26.3. The molecule has 0 spiro atoms. The Hall–Kier alpha value is -2.12. The molecule has 9 nitrogen and oxygen atoms in total. The lowest BCUT2D eigenvalue weighted by molar-refractivity contribution is -0.389. The van der Waals surface area contributed by atoms with Gasteiger partial charge in [0.1, 0.15) is 0 Å². The standard InChI is InChI=1S/C6H8N6O3/c7-10-8-3-5(13)4-11-2-1-6(9-11)12(14)15/h1-2,5,13H,3-4H2. The fourth-order valence-corrected chi connectivity index (χ4v) is 0.954. The zero-order valence-electron chi connectivity index (χ0n) is 7.59. The SMILES string of the molecule is [N-]=[N+]=NCC(O)Cn1ccc([N+](=O)[O-])n1. The van der Waals surface area contributed by atoms with E-state index in [2.05, 4.69) is 15.1 Å². The third kappa shape index (κ3) is 3.25. The molecule has 80 valence electrons. The van der Waals surface area contributed by atoms with E-state index < -0.39 is 11.0 Å². The molecule has 0 fully saturated rings. The summed E-state index contributed by atoms with van der Waals surface area (Å²) in [5.74, 6) is -0.286. The van der Waals surface area contributed by atoms with E-state index in [1.807, 2.05) is 0 Å². The van der Waals surface area contributed by atoms with E-state index in [1.54, 1.807) is 0 Å². The lowest BCUT2D eigenvalue weighted by atomic mass is 10.4. The summed E-state index contributed by atoms with van der Waals surface area (Å²) in [6.07, 6.45) is 0.470. The Balaban J connectivity index is 2.56. The summed E-state index contributed by atoms with van der Waals surface area (Å²) >= 11 is 0. The van der Waals surface area contributed by atoms with Crippen LogP contribution in [0, 0.1) is 10.1 Å². The number of nitrogens with zero attached hydrogens (tertiary/aromatic N) is 6. The summed E-state index contributed by atoms with van der Waals surface area (Å²) in [6.45, 7) is -0.0446. The Morgan fingerprint density at radius 1 is 1.87 bits per heavy atom. The molecule has 1 rings (SSSR count). The van der Waals surface area contributed by atoms with Crippen LogP contribution in [-0.2, 0) is 6.54 Å². The van der Waals surface area contributed by atoms with E-state index in [-0.39, 0.29) is 18.9 Å². The van der Waals surface area contributed by atoms with E-state index in [1.165, 1.54) is 16.9 Å². The molecule has 1 heterocycles. The minimum atomic E-state index is -0.902. The second-order valence-corrected chi connectivity index (χ2v) is 2.72. The first kappa shape index (κ1) is 11.0. The fraction of sp³-hybridized carbons (Fsp3) is 0.500. The van der Waals surface area contributed by atoms with Gasteiger partial charge in [-0.25, -0.2) is 0 Å². The maximum absolute atomic E-state index is 10.3. The number of rotatable bonds is 5. The highest BCUT2D eigenvalue weighted by molar-refractivity contribution is 5.13. The van der Waals surface area contributed by atoms with Crippen molar-refractivity contribution < 1.29 is 10.0 Å². The van der Waals surface area contributed by atoms with Gasteiger partial charge in [0.2, 0.25) is 0 Å². The molecule has 0 aromatic carbocycles. The predicted octanol–water partition coefficient (Wildman–Crippen LogP) is 0.462. The summed E-state index contributed by atoms with van der Waals surface area (Å²) in [5.41, 5.74) is 7.99. The van der Waals surface area contributed by atoms with Crippen LogP contribution in [0.2, 0.25) is 0 Å². The van der Waals surface area contributed by atoms with Crippen LogP contribution in [0.3, 0.4) is 0 Å². The summed E-state index contributed by atoms with van der Waals surface area (Å²) in [7, 11) is 0. The highest BCUT2D eigenvalue weighted by Crippen LogP contribution is 2.05. The van der Waals surface area contributed by atoms with E-state index in [9.17, 15) is 15.2 Å². The van der Waals surface area contributed by atoms with E-state index >= 15 is 0 Å². The first-order valence-electron chi connectivity index (χ1n) is 4.00. The number of hydrogen-bond donors (Lipinski definition) is 1. The van der Waals surface area contributed by atoms with Gasteiger partial charge >= 0.3 is 5.82 Å².